The van der Waals surface area contributed by atoms with Crippen LogP contribution < -0.4 is 9.46 Å². The van der Waals surface area contributed by atoms with Crippen molar-refractivity contribution in [2.45, 2.75) is 50.2 Å². The van der Waals surface area contributed by atoms with Gasteiger partial charge in [0.25, 0.3) is 5.91 Å². The van der Waals surface area contributed by atoms with Crippen LogP contribution in [0.15, 0.2) is 30.3 Å². The zero-order chi connectivity index (χ0) is 26.3. The summed E-state index contributed by atoms with van der Waals surface area (Å²) in [6.07, 6.45) is 2.83. The number of nitrogens with zero attached hydrogens (tertiary/aromatic N) is 1. The van der Waals surface area contributed by atoms with Gasteiger partial charge < -0.3 is 4.74 Å². The van der Waals surface area contributed by atoms with Crippen molar-refractivity contribution < 1.29 is 31.1 Å². The normalized spacial score (nSPS) is 19.1. The Kier molecular flexibility index (Phi) is 7.60. The number of hydrogen-bond donors (Lipinski definition) is 1. The summed E-state index contributed by atoms with van der Waals surface area (Å²) in [5.41, 5.74) is -0.611. The minimum atomic E-state index is -3.86. The highest BCUT2D eigenvalue weighted by atomic mass is 35.5. The molecule has 1 atom stereocenters. The third kappa shape index (κ3) is 6.33. The fourth-order valence-electron chi connectivity index (χ4n) is 4.45. The van der Waals surface area contributed by atoms with Crippen molar-refractivity contribution in [3.8, 4) is 5.75 Å². The van der Waals surface area contributed by atoms with Crippen molar-refractivity contribution >= 4 is 27.5 Å². The van der Waals surface area contributed by atoms with Crippen LogP contribution in [-0.4, -0.2) is 50.8 Å². The summed E-state index contributed by atoms with van der Waals surface area (Å²) in [6.45, 7) is 2.58. The number of piperidine rings is 1. The number of likely N-dealkylation sites (tertiary alicyclic amines) is 1. The van der Waals surface area contributed by atoms with Crippen LogP contribution in [0.5, 0.6) is 5.75 Å². The molecule has 1 saturated heterocycles. The van der Waals surface area contributed by atoms with Crippen LogP contribution in [0.2, 0.25) is 5.02 Å². The average molecular weight is 545 g/mol. The summed E-state index contributed by atoms with van der Waals surface area (Å²) in [7, 11) is -3.86. The molecule has 0 bridgehead atoms. The van der Waals surface area contributed by atoms with Crippen molar-refractivity contribution in [1.82, 2.24) is 9.62 Å². The molecule has 2 aliphatic rings. The van der Waals surface area contributed by atoms with Gasteiger partial charge in [-0.15, -0.1) is 0 Å². The number of nitrogens with one attached hydrogen (secondary N) is 1. The summed E-state index contributed by atoms with van der Waals surface area (Å²) < 4.78 is 74.0. The zero-order valence-electron chi connectivity index (χ0n) is 20.0. The number of halogens is 4. The Morgan fingerprint density at radius 1 is 1.19 bits per heavy atom. The number of carbonyl (C=O) groups excluding carboxylic acids is 1. The standard InChI is InChI=1S/C25H28ClF3N2O4S/c1-15(17-5-6-21(27)20(26)11-17)31-9-7-25(29,8-10-31)14-35-23-13-22(28)19(12-18(23)16-3-4-16)24(32)30-36(2,33)34/h5-6,11-13,15-16H,3-4,7-10,14H2,1-2H3,(H,30,32). The molecule has 1 heterocycles. The summed E-state index contributed by atoms with van der Waals surface area (Å²) >= 11 is 5.90. The van der Waals surface area contributed by atoms with Crippen molar-refractivity contribution in [3.63, 3.8) is 0 Å². The molecule has 196 valence electrons. The van der Waals surface area contributed by atoms with Crippen LogP contribution in [0.3, 0.4) is 0 Å². The lowest BCUT2D eigenvalue weighted by atomic mass is 9.92. The summed E-state index contributed by atoms with van der Waals surface area (Å²) in [5, 5.41) is 0.0446. The Labute approximate surface area is 213 Å². The molecular formula is C25H28ClF3N2O4S. The maximum atomic E-state index is 15.6. The highest BCUT2D eigenvalue weighted by molar-refractivity contribution is 7.89. The molecule has 6 nitrogen and oxygen atoms in total. The van der Waals surface area contributed by atoms with E-state index in [1.807, 2.05) is 6.92 Å². The number of hydrogen-bond acceptors (Lipinski definition) is 5. The minimum absolute atomic E-state index is 0.0446. The van der Waals surface area contributed by atoms with E-state index in [4.69, 9.17) is 16.3 Å². The van der Waals surface area contributed by atoms with Gasteiger partial charge >= 0.3 is 0 Å². The number of alkyl halides is 1. The molecule has 11 heteroatoms. The van der Waals surface area contributed by atoms with E-state index in [-0.39, 0.29) is 42.2 Å². The zero-order valence-corrected chi connectivity index (χ0v) is 21.6. The first-order valence-corrected chi connectivity index (χ1v) is 14.0. The smallest absolute Gasteiger partial charge is 0.267 e. The molecule has 1 unspecified atom stereocenters. The monoisotopic (exact) mass is 544 g/mol. The van der Waals surface area contributed by atoms with Crippen LogP contribution >= 0.6 is 11.6 Å². The van der Waals surface area contributed by atoms with E-state index in [0.717, 1.165) is 30.7 Å². The number of sulfonamides is 1. The fraction of sp³-hybridized carbons (Fsp3) is 0.480. The van der Waals surface area contributed by atoms with Crippen LogP contribution in [0.4, 0.5) is 13.2 Å². The Hall–Kier alpha value is -2.30. The third-order valence-corrected chi connectivity index (χ3v) is 7.64. The molecule has 2 fully saturated rings. The minimum Gasteiger partial charge on any atom is -0.490 e. The molecule has 36 heavy (non-hydrogen) atoms. The molecular weight excluding hydrogens is 517 g/mol. The second kappa shape index (κ2) is 10.2. The first kappa shape index (κ1) is 26.8. The van der Waals surface area contributed by atoms with Crippen molar-refractivity contribution in [1.29, 1.82) is 0 Å². The van der Waals surface area contributed by atoms with Crippen LogP contribution in [0, 0.1) is 11.6 Å². The molecule has 1 amide bonds. The van der Waals surface area contributed by atoms with E-state index < -0.39 is 38.8 Å². The van der Waals surface area contributed by atoms with E-state index in [1.54, 1.807) is 16.9 Å². The largest absolute Gasteiger partial charge is 0.490 e. The van der Waals surface area contributed by atoms with Gasteiger partial charge in [0.15, 0.2) is 0 Å². The molecule has 4 rings (SSSR count). The maximum Gasteiger partial charge on any atom is 0.267 e. The van der Waals surface area contributed by atoms with Gasteiger partial charge in [0.2, 0.25) is 10.0 Å². The molecule has 1 aliphatic carbocycles. The fourth-order valence-corrected chi connectivity index (χ4v) is 5.09. The lowest BCUT2D eigenvalue weighted by Gasteiger charge is -2.39. The van der Waals surface area contributed by atoms with Gasteiger partial charge in [-0.25, -0.2) is 26.3 Å². The van der Waals surface area contributed by atoms with E-state index in [0.29, 0.717) is 18.7 Å². The molecule has 0 radical (unpaired) electrons. The summed E-state index contributed by atoms with van der Waals surface area (Å²) in [6, 6.07) is 6.82. The number of ether oxygens (including phenoxy) is 1. The lowest BCUT2D eigenvalue weighted by Crippen LogP contribution is -2.45. The molecule has 0 aromatic heterocycles. The predicted molar refractivity (Wildman–Crippen MR) is 131 cm³/mol. The van der Waals surface area contributed by atoms with E-state index in [1.165, 1.54) is 12.1 Å². The molecule has 2 aromatic carbocycles. The molecule has 1 saturated carbocycles. The van der Waals surface area contributed by atoms with Crippen molar-refractivity contribution in [2.75, 3.05) is 26.0 Å². The van der Waals surface area contributed by atoms with Gasteiger partial charge in [-0.3, -0.25) is 9.69 Å². The molecule has 1 N–H and O–H groups in total. The second-order valence-electron chi connectivity index (χ2n) is 9.67. The van der Waals surface area contributed by atoms with Gasteiger partial charge in [0, 0.05) is 25.2 Å². The summed E-state index contributed by atoms with van der Waals surface area (Å²) in [4.78, 5) is 14.3. The lowest BCUT2D eigenvalue weighted by molar-refractivity contribution is 0.00614. The Morgan fingerprint density at radius 3 is 2.44 bits per heavy atom. The van der Waals surface area contributed by atoms with Crippen LogP contribution in [0.1, 0.15) is 66.1 Å². The van der Waals surface area contributed by atoms with E-state index in [9.17, 15) is 22.0 Å². The predicted octanol–water partition coefficient (Wildman–Crippen LogP) is 5.13. The van der Waals surface area contributed by atoms with E-state index >= 15 is 4.39 Å². The Morgan fingerprint density at radius 2 is 1.86 bits per heavy atom. The molecule has 0 spiro atoms. The highest BCUT2D eigenvalue weighted by Crippen LogP contribution is 2.45. The van der Waals surface area contributed by atoms with Crippen molar-refractivity contribution in [2.24, 2.45) is 0 Å². The van der Waals surface area contributed by atoms with Gasteiger partial charge in [-0.2, -0.15) is 0 Å². The maximum absolute atomic E-state index is 15.6. The van der Waals surface area contributed by atoms with E-state index in [2.05, 4.69) is 4.90 Å². The molecule has 2 aromatic rings. The van der Waals surface area contributed by atoms with Gasteiger partial charge in [-0.1, -0.05) is 17.7 Å². The first-order valence-electron chi connectivity index (χ1n) is 11.7. The average Bonchev–Trinajstić information content (AvgIpc) is 3.64. The second-order valence-corrected chi connectivity index (χ2v) is 11.8. The van der Waals surface area contributed by atoms with Crippen LogP contribution in [-0.2, 0) is 10.0 Å². The first-order chi connectivity index (χ1) is 16.8. The van der Waals surface area contributed by atoms with Gasteiger partial charge in [0.1, 0.15) is 29.7 Å². The SMILES string of the molecule is CC(c1ccc(F)c(Cl)c1)N1CCC(F)(COc2cc(F)c(C(=O)NS(C)(=O)=O)cc2C2CC2)CC1. The topological polar surface area (TPSA) is 75.7 Å². The van der Waals surface area contributed by atoms with Crippen LogP contribution in [0.25, 0.3) is 0 Å². The van der Waals surface area contributed by atoms with Gasteiger partial charge in [0.05, 0.1) is 16.8 Å². The number of benzene rings is 2. The Balaban J connectivity index is 1.41. The third-order valence-electron chi connectivity index (χ3n) is 6.79. The Bertz CT molecular complexity index is 1260. The number of rotatable bonds is 8. The van der Waals surface area contributed by atoms with Crippen molar-refractivity contribution in [3.05, 3.63) is 63.7 Å². The molecule has 1 aliphatic heterocycles. The quantitative estimate of drug-likeness (QED) is 0.499. The summed E-state index contributed by atoms with van der Waals surface area (Å²) in [5.74, 6) is -2.28. The number of amides is 1. The number of carbonyl (C=O) groups is 1. The highest BCUT2D eigenvalue weighted by Gasteiger charge is 2.38. The van der Waals surface area contributed by atoms with Gasteiger partial charge in [-0.05, 0) is 67.9 Å².